The molecule has 0 atom stereocenters. The Hall–Kier alpha value is -2.14. The van der Waals surface area contributed by atoms with E-state index in [-0.39, 0.29) is 0 Å². The van der Waals surface area contributed by atoms with Crippen molar-refractivity contribution in [2.45, 2.75) is 20.3 Å². The van der Waals surface area contributed by atoms with Gasteiger partial charge in [-0.15, -0.1) is 11.3 Å². The summed E-state index contributed by atoms with van der Waals surface area (Å²) in [4.78, 5) is 21.0. The maximum Gasteiger partial charge on any atom is 0.338 e. The number of thiophene rings is 1. The van der Waals surface area contributed by atoms with Crippen molar-refractivity contribution in [2.75, 3.05) is 12.4 Å². The number of carboxylic acids is 1. The predicted molar refractivity (Wildman–Crippen MR) is 91.2 cm³/mol. The van der Waals surface area contributed by atoms with Crippen LogP contribution < -0.4 is 5.32 Å². The highest BCUT2D eigenvalue weighted by Crippen LogP contribution is 2.29. The molecular weight excluding hydrogens is 298 g/mol. The molecule has 0 saturated carbocycles. The Morgan fingerprint density at radius 3 is 2.36 bits per heavy atom. The lowest BCUT2D eigenvalue weighted by Crippen LogP contribution is -2.04. The molecule has 0 aliphatic carbocycles. The summed E-state index contributed by atoms with van der Waals surface area (Å²) in [7, 11) is 1.75. The molecule has 2 N–H and O–H groups in total. The Morgan fingerprint density at radius 1 is 1.32 bits per heavy atom. The summed E-state index contributed by atoms with van der Waals surface area (Å²) in [6.45, 7) is 4.17. The number of carbonyl (C=O) groups is 2. The van der Waals surface area contributed by atoms with Crippen molar-refractivity contribution in [3.8, 4) is 0 Å². The fraction of sp³-hybridized carbons (Fsp3) is 0.294. The molecule has 2 aromatic rings. The quantitative estimate of drug-likeness (QED) is 0.811. The zero-order valence-electron chi connectivity index (χ0n) is 13.0. The van der Waals surface area contributed by atoms with Crippen LogP contribution in [-0.4, -0.2) is 24.4 Å². The lowest BCUT2D eigenvalue weighted by molar-refractivity contribution is 0.0697. The lowest BCUT2D eigenvalue weighted by Gasteiger charge is -2.05. The van der Waals surface area contributed by atoms with Crippen molar-refractivity contribution < 1.29 is 14.7 Å². The third-order valence-corrected chi connectivity index (χ3v) is 3.92. The van der Waals surface area contributed by atoms with Crippen molar-refractivity contribution >= 4 is 28.6 Å². The van der Waals surface area contributed by atoms with E-state index in [1.54, 1.807) is 19.2 Å². The second-order valence-corrected chi connectivity index (χ2v) is 6.03. The molecule has 0 fully saturated rings. The van der Waals surface area contributed by atoms with E-state index < -0.39 is 5.97 Å². The minimum Gasteiger partial charge on any atom is -0.478 e. The first-order chi connectivity index (χ1) is 10.5. The summed E-state index contributed by atoms with van der Waals surface area (Å²) in [6.07, 6.45) is 1.65. The van der Waals surface area contributed by atoms with Gasteiger partial charge in [0.15, 0.2) is 0 Å². The average molecular weight is 319 g/mol. The van der Waals surface area contributed by atoms with Crippen molar-refractivity contribution in [3.63, 3.8) is 0 Å². The summed E-state index contributed by atoms with van der Waals surface area (Å²) in [5.74, 6) is -0.362. The van der Waals surface area contributed by atoms with Gasteiger partial charge in [0.05, 0.1) is 5.56 Å². The summed E-state index contributed by atoms with van der Waals surface area (Å²) in [6, 6.07) is 9.10. The van der Waals surface area contributed by atoms with E-state index in [1.807, 2.05) is 23.6 Å². The molecule has 0 radical (unpaired) electrons. The molecule has 0 aliphatic rings. The normalized spacial score (nSPS) is 9.82. The Morgan fingerprint density at radius 2 is 1.95 bits per heavy atom. The van der Waals surface area contributed by atoms with Crippen LogP contribution in [0, 0.1) is 5.92 Å². The van der Waals surface area contributed by atoms with Crippen LogP contribution in [0.2, 0.25) is 0 Å². The average Bonchev–Trinajstić information content (AvgIpc) is 2.91. The molecule has 0 aliphatic heterocycles. The van der Waals surface area contributed by atoms with Gasteiger partial charge >= 0.3 is 5.97 Å². The molecule has 2 rings (SSSR count). The number of hydrogen-bond acceptors (Lipinski definition) is 4. The fourth-order valence-corrected chi connectivity index (χ4v) is 2.86. The van der Waals surface area contributed by atoms with Gasteiger partial charge in [-0.1, -0.05) is 44.2 Å². The molecule has 0 bridgehead atoms. The maximum atomic E-state index is 11.0. The van der Waals surface area contributed by atoms with Crippen molar-refractivity contribution in [3.05, 3.63) is 52.4 Å². The lowest BCUT2D eigenvalue weighted by atomic mass is 10.0. The highest BCUT2D eigenvalue weighted by Gasteiger charge is 2.17. The van der Waals surface area contributed by atoms with Crippen LogP contribution in [0.15, 0.2) is 35.7 Å². The van der Waals surface area contributed by atoms with E-state index in [0.717, 1.165) is 28.8 Å². The van der Waals surface area contributed by atoms with E-state index in [9.17, 15) is 9.59 Å². The Labute approximate surface area is 134 Å². The van der Waals surface area contributed by atoms with E-state index in [1.165, 1.54) is 11.3 Å². The maximum absolute atomic E-state index is 11.0. The number of aldehydes is 1. The number of rotatable bonds is 5. The molecule has 0 amide bonds. The van der Waals surface area contributed by atoms with E-state index in [4.69, 9.17) is 5.11 Å². The molecule has 22 heavy (non-hydrogen) atoms. The number of carboxylic acid groups (broad SMARTS) is 1. The van der Waals surface area contributed by atoms with Gasteiger partial charge in [0.2, 0.25) is 0 Å². The van der Waals surface area contributed by atoms with E-state index >= 15 is 0 Å². The highest BCUT2D eigenvalue weighted by atomic mass is 32.1. The van der Waals surface area contributed by atoms with E-state index in [0.29, 0.717) is 11.5 Å². The fourth-order valence-electron chi connectivity index (χ4n) is 1.93. The summed E-state index contributed by atoms with van der Waals surface area (Å²) >= 11 is 1.45. The molecule has 4 nitrogen and oxygen atoms in total. The van der Waals surface area contributed by atoms with E-state index in [2.05, 4.69) is 19.2 Å². The molecule has 1 aromatic carbocycles. The van der Waals surface area contributed by atoms with Gasteiger partial charge < -0.3 is 10.4 Å². The number of benzene rings is 1. The SMILES string of the molecule is CNc1scc(CC(C)C)c1C(=O)O.O=Cc1ccccc1. The van der Waals surface area contributed by atoms with Crippen LogP contribution in [0.5, 0.6) is 0 Å². The van der Waals surface area contributed by atoms with Crippen LogP contribution in [0.25, 0.3) is 0 Å². The second kappa shape index (κ2) is 9.00. The smallest absolute Gasteiger partial charge is 0.338 e. The zero-order chi connectivity index (χ0) is 16.5. The third-order valence-electron chi connectivity index (χ3n) is 2.87. The van der Waals surface area contributed by atoms with Crippen LogP contribution >= 0.6 is 11.3 Å². The van der Waals surface area contributed by atoms with Gasteiger partial charge in [-0.3, -0.25) is 4.79 Å². The Kier molecular flexibility index (Phi) is 7.32. The van der Waals surface area contributed by atoms with Crippen molar-refractivity contribution in [1.82, 2.24) is 0 Å². The molecular formula is C17H21NO3S. The number of nitrogens with one attached hydrogen (secondary N) is 1. The molecule has 0 saturated heterocycles. The Balaban J connectivity index is 0.000000255. The van der Waals surface area contributed by atoms with Gasteiger partial charge in [-0.05, 0) is 23.3 Å². The highest BCUT2D eigenvalue weighted by molar-refractivity contribution is 7.14. The second-order valence-electron chi connectivity index (χ2n) is 5.15. The predicted octanol–water partition coefficient (Wildman–Crippen LogP) is 4.19. The minimum absolute atomic E-state index is 0.436. The topological polar surface area (TPSA) is 66.4 Å². The van der Waals surface area contributed by atoms with Crippen LogP contribution in [0.1, 0.15) is 40.1 Å². The van der Waals surface area contributed by atoms with Crippen molar-refractivity contribution in [1.29, 1.82) is 0 Å². The molecule has 5 heteroatoms. The van der Waals surface area contributed by atoms with Gasteiger partial charge in [0.25, 0.3) is 0 Å². The minimum atomic E-state index is -0.841. The molecule has 1 heterocycles. The van der Waals surface area contributed by atoms with Gasteiger partial charge in [0.1, 0.15) is 11.3 Å². The molecule has 0 spiro atoms. The summed E-state index contributed by atoms with van der Waals surface area (Å²) in [5, 5.41) is 14.6. The van der Waals surface area contributed by atoms with Crippen molar-refractivity contribution in [2.24, 2.45) is 5.92 Å². The monoisotopic (exact) mass is 319 g/mol. The van der Waals surface area contributed by atoms with Crippen LogP contribution in [0.3, 0.4) is 0 Å². The number of anilines is 1. The summed E-state index contributed by atoms with van der Waals surface area (Å²) < 4.78 is 0. The van der Waals surface area contributed by atoms with Gasteiger partial charge in [-0.2, -0.15) is 0 Å². The van der Waals surface area contributed by atoms with Gasteiger partial charge in [-0.25, -0.2) is 4.79 Å². The summed E-state index contributed by atoms with van der Waals surface area (Å²) in [5.41, 5.74) is 2.10. The third kappa shape index (κ3) is 5.33. The molecule has 118 valence electrons. The first kappa shape index (κ1) is 17.9. The van der Waals surface area contributed by atoms with Gasteiger partial charge in [0, 0.05) is 12.6 Å². The standard InChI is InChI=1S/C10H15NO2S.C7H6O/c1-6(2)4-7-5-14-9(11-3)8(7)10(12)13;8-6-7-4-2-1-3-5-7/h5-6,11H,4H2,1-3H3,(H,12,13);1-6H. The first-order valence-electron chi connectivity index (χ1n) is 7.01. The molecule has 1 aromatic heterocycles. The van der Waals surface area contributed by atoms with Crippen LogP contribution in [-0.2, 0) is 6.42 Å². The zero-order valence-corrected chi connectivity index (χ0v) is 13.8. The number of aromatic carboxylic acids is 1. The number of carbonyl (C=O) groups excluding carboxylic acids is 1. The first-order valence-corrected chi connectivity index (χ1v) is 7.89. The molecule has 0 unspecified atom stereocenters. The van der Waals surface area contributed by atoms with Crippen LogP contribution in [0.4, 0.5) is 5.00 Å². The largest absolute Gasteiger partial charge is 0.478 e. The number of hydrogen-bond donors (Lipinski definition) is 2. The Bertz CT molecular complexity index is 606.